The van der Waals surface area contributed by atoms with Gasteiger partial charge >= 0.3 is 0 Å². The molecule has 0 atom stereocenters. The lowest BCUT2D eigenvalue weighted by molar-refractivity contribution is -0.383. The summed E-state index contributed by atoms with van der Waals surface area (Å²) in [4.78, 5) is 14.9. The number of hydrogen-bond donors (Lipinski definition) is 1. The SMILES string of the molecule is CCC1(Nc2ccc([N+](=O)[O-])c3ccncc23)CCC1. The Morgan fingerprint density at radius 1 is 1.35 bits per heavy atom. The zero-order valence-corrected chi connectivity index (χ0v) is 11.4. The third-order valence-electron chi connectivity index (χ3n) is 4.38. The van der Waals surface area contributed by atoms with Crippen LogP contribution < -0.4 is 5.32 Å². The normalized spacial score (nSPS) is 16.6. The molecule has 1 aliphatic carbocycles. The molecule has 0 unspecified atom stereocenters. The van der Waals surface area contributed by atoms with E-state index in [1.54, 1.807) is 30.6 Å². The lowest BCUT2D eigenvalue weighted by atomic mass is 9.74. The largest absolute Gasteiger partial charge is 0.379 e. The van der Waals surface area contributed by atoms with Crippen molar-refractivity contribution in [2.24, 2.45) is 0 Å². The molecule has 1 aromatic carbocycles. The fourth-order valence-corrected chi connectivity index (χ4v) is 2.90. The molecule has 1 aliphatic rings. The van der Waals surface area contributed by atoms with Gasteiger partial charge in [-0.3, -0.25) is 15.1 Å². The van der Waals surface area contributed by atoms with Gasteiger partial charge in [-0.1, -0.05) is 6.92 Å². The second-order valence-corrected chi connectivity index (χ2v) is 5.42. The van der Waals surface area contributed by atoms with E-state index in [0.717, 1.165) is 30.3 Å². The summed E-state index contributed by atoms with van der Waals surface area (Å²) in [5, 5.41) is 16.1. The van der Waals surface area contributed by atoms with Crippen molar-refractivity contribution < 1.29 is 4.92 Å². The molecule has 1 saturated carbocycles. The highest BCUT2D eigenvalue weighted by atomic mass is 16.6. The average Bonchev–Trinajstić information content (AvgIpc) is 2.42. The number of hydrogen-bond acceptors (Lipinski definition) is 4. The van der Waals surface area contributed by atoms with Gasteiger partial charge in [0.25, 0.3) is 5.69 Å². The van der Waals surface area contributed by atoms with Crippen LogP contribution in [0.15, 0.2) is 30.6 Å². The van der Waals surface area contributed by atoms with E-state index < -0.39 is 0 Å². The van der Waals surface area contributed by atoms with Crippen LogP contribution >= 0.6 is 0 Å². The first-order chi connectivity index (χ1) is 9.65. The first-order valence-electron chi connectivity index (χ1n) is 6.94. The quantitative estimate of drug-likeness (QED) is 0.676. The molecule has 1 fully saturated rings. The maximum atomic E-state index is 11.1. The van der Waals surface area contributed by atoms with Crippen LogP contribution in [0.25, 0.3) is 10.8 Å². The fourth-order valence-electron chi connectivity index (χ4n) is 2.90. The number of nitrogens with one attached hydrogen (secondary N) is 1. The fraction of sp³-hybridized carbons (Fsp3) is 0.400. The minimum absolute atomic E-state index is 0.132. The van der Waals surface area contributed by atoms with Crippen molar-refractivity contribution >= 4 is 22.1 Å². The highest BCUT2D eigenvalue weighted by molar-refractivity contribution is 5.99. The van der Waals surface area contributed by atoms with E-state index in [1.165, 1.54) is 6.42 Å². The zero-order chi connectivity index (χ0) is 14.2. The molecule has 2 aromatic rings. The Morgan fingerprint density at radius 3 is 2.75 bits per heavy atom. The van der Waals surface area contributed by atoms with Gasteiger partial charge in [0.1, 0.15) is 0 Å². The van der Waals surface area contributed by atoms with Gasteiger partial charge in [-0.05, 0) is 37.8 Å². The summed E-state index contributed by atoms with van der Waals surface area (Å²) < 4.78 is 0. The van der Waals surface area contributed by atoms with Crippen molar-refractivity contribution in [2.45, 2.75) is 38.1 Å². The first kappa shape index (κ1) is 12.8. The zero-order valence-electron chi connectivity index (χ0n) is 11.4. The number of non-ortho nitro benzene ring substituents is 1. The smallest absolute Gasteiger partial charge is 0.277 e. The summed E-state index contributed by atoms with van der Waals surface area (Å²) in [7, 11) is 0. The molecule has 1 heterocycles. The molecule has 104 valence electrons. The standard InChI is InChI=1S/C15H17N3O2/c1-2-15(7-3-8-15)17-13-4-5-14(18(19)20)11-6-9-16-10-12(11)13/h4-6,9-10,17H,2-3,7-8H2,1H3. The minimum atomic E-state index is -0.342. The van der Waals surface area contributed by atoms with E-state index in [4.69, 9.17) is 0 Å². The van der Waals surface area contributed by atoms with Crippen molar-refractivity contribution in [1.82, 2.24) is 4.98 Å². The van der Waals surface area contributed by atoms with Crippen LogP contribution in [-0.2, 0) is 0 Å². The summed E-state index contributed by atoms with van der Waals surface area (Å²) >= 11 is 0. The van der Waals surface area contributed by atoms with Gasteiger partial charge in [0.05, 0.1) is 10.3 Å². The number of rotatable bonds is 4. The maximum Gasteiger partial charge on any atom is 0.277 e. The van der Waals surface area contributed by atoms with Crippen molar-refractivity contribution in [3.05, 3.63) is 40.7 Å². The Bertz CT molecular complexity index is 660. The Hall–Kier alpha value is -2.17. The summed E-state index contributed by atoms with van der Waals surface area (Å²) in [6.45, 7) is 2.18. The number of benzene rings is 1. The van der Waals surface area contributed by atoms with Gasteiger partial charge < -0.3 is 5.32 Å². The highest BCUT2D eigenvalue weighted by Crippen LogP contribution is 2.40. The first-order valence-corrected chi connectivity index (χ1v) is 6.94. The van der Waals surface area contributed by atoms with E-state index >= 15 is 0 Å². The third kappa shape index (κ3) is 1.99. The summed E-state index contributed by atoms with van der Waals surface area (Å²) in [5.74, 6) is 0. The molecular formula is C15H17N3O2. The van der Waals surface area contributed by atoms with Crippen molar-refractivity contribution in [3.8, 4) is 0 Å². The lowest BCUT2D eigenvalue weighted by Gasteiger charge is -2.43. The van der Waals surface area contributed by atoms with Gasteiger partial charge in [-0.15, -0.1) is 0 Å². The predicted octanol–water partition coefficient (Wildman–Crippen LogP) is 3.89. The Kier molecular flexibility index (Phi) is 3.04. The molecule has 0 saturated heterocycles. The number of anilines is 1. The number of pyridine rings is 1. The molecule has 0 radical (unpaired) electrons. The van der Waals surface area contributed by atoms with Gasteiger partial charge in [0, 0.05) is 35.1 Å². The third-order valence-corrected chi connectivity index (χ3v) is 4.38. The molecule has 0 amide bonds. The van der Waals surface area contributed by atoms with E-state index in [2.05, 4.69) is 17.2 Å². The molecule has 5 heteroatoms. The van der Waals surface area contributed by atoms with E-state index in [9.17, 15) is 10.1 Å². The van der Waals surface area contributed by atoms with E-state index in [1.807, 2.05) is 0 Å². The van der Waals surface area contributed by atoms with E-state index in [0.29, 0.717) is 5.39 Å². The molecule has 0 spiro atoms. The summed E-state index contributed by atoms with van der Waals surface area (Å²) in [6, 6.07) is 5.09. The molecule has 20 heavy (non-hydrogen) atoms. The van der Waals surface area contributed by atoms with Crippen LogP contribution in [-0.4, -0.2) is 15.4 Å². The topological polar surface area (TPSA) is 68.1 Å². The van der Waals surface area contributed by atoms with Crippen molar-refractivity contribution in [3.63, 3.8) is 0 Å². The van der Waals surface area contributed by atoms with E-state index in [-0.39, 0.29) is 16.1 Å². The number of nitrogens with zero attached hydrogens (tertiary/aromatic N) is 2. The Labute approximate surface area is 117 Å². The second-order valence-electron chi connectivity index (χ2n) is 5.42. The molecule has 1 aromatic heterocycles. The molecule has 0 bridgehead atoms. The maximum absolute atomic E-state index is 11.1. The van der Waals surface area contributed by atoms with Gasteiger partial charge in [-0.2, -0.15) is 0 Å². The number of nitro groups is 1. The minimum Gasteiger partial charge on any atom is -0.379 e. The number of nitro benzene ring substituents is 1. The van der Waals surface area contributed by atoms with Crippen LogP contribution in [0.1, 0.15) is 32.6 Å². The van der Waals surface area contributed by atoms with Gasteiger partial charge in [-0.25, -0.2) is 0 Å². The van der Waals surface area contributed by atoms with Crippen molar-refractivity contribution in [2.75, 3.05) is 5.32 Å². The van der Waals surface area contributed by atoms with Crippen LogP contribution in [0.2, 0.25) is 0 Å². The molecule has 1 N–H and O–H groups in total. The Morgan fingerprint density at radius 2 is 2.15 bits per heavy atom. The molecular weight excluding hydrogens is 254 g/mol. The van der Waals surface area contributed by atoms with Crippen LogP contribution in [0, 0.1) is 10.1 Å². The van der Waals surface area contributed by atoms with Crippen LogP contribution in [0.5, 0.6) is 0 Å². The predicted molar refractivity (Wildman–Crippen MR) is 78.9 cm³/mol. The van der Waals surface area contributed by atoms with Gasteiger partial charge in [0.15, 0.2) is 0 Å². The second kappa shape index (κ2) is 4.74. The highest BCUT2D eigenvalue weighted by Gasteiger charge is 2.35. The molecule has 0 aliphatic heterocycles. The Balaban J connectivity index is 2.08. The molecule has 3 rings (SSSR count). The number of fused-ring (bicyclic) bond motifs is 1. The van der Waals surface area contributed by atoms with Gasteiger partial charge in [0.2, 0.25) is 0 Å². The summed E-state index contributed by atoms with van der Waals surface area (Å²) in [5.41, 5.74) is 1.23. The monoisotopic (exact) mass is 271 g/mol. The average molecular weight is 271 g/mol. The van der Waals surface area contributed by atoms with Crippen molar-refractivity contribution in [1.29, 1.82) is 0 Å². The molecule has 5 nitrogen and oxygen atoms in total. The number of aromatic nitrogens is 1. The van der Waals surface area contributed by atoms with Crippen LogP contribution in [0.3, 0.4) is 0 Å². The lowest BCUT2D eigenvalue weighted by Crippen LogP contribution is -2.44. The summed E-state index contributed by atoms with van der Waals surface area (Å²) in [6.07, 6.45) is 7.91. The van der Waals surface area contributed by atoms with Crippen LogP contribution in [0.4, 0.5) is 11.4 Å².